The second kappa shape index (κ2) is 14.0. The van der Waals surface area contributed by atoms with Gasteiger partial charge in [-0.05, 0) is 61.8 Å². The molecule has 46 heavy (non-hydrogen) atoms. The Labute approximate surface area is 274 Å². The molecule has 1 unspecified atom stereocenters. The van der Waals surface area contributed by atoms with Gasteiger partial charge in [0.05, 0.1) is 40.7 Å². The second-order valence-corrected chi connectivity index (χ2v) is 25.8. The van der Waals surface area contributed by atoms with Crippen molar-refractivity contribution >= 4 is 44.1 Å². The van der Waals surface area contributed by atoms with Crippen LogP contribution in [0.25, 0.3) is 21.9 Å². The van der Waals surface area contributed by atoms with Gasteiger partial charge in [-0.2, -0.15) is 5.26 Å². The molecule has 0 spiro atoms. The maximum Gasteiger partial charge on any atom is 0.328 e. The van der Waals surface area contributed by atoms with E-state index in [4.69, 9.17) is 19.2 Å². The molecule has 246 valence electrons. The monoisotopic (exact) mass is 660 g/mol. The van der Waals surface area contributed by atoms with Crippen LogP contribution in [0.2, 0.25) is 51.4 Å². The molecule has 0 saturated carbocycles. The number of aryl methyl sites for hydroxylation is 1. The van der Waals surface area contributed by atoms with Gasteiger partial charge in [0.2, 0.25) is 0 Å². The number of carboxylic acids is 1. The van der Waals surface area contributed by atoms with Gasteiger partial charge in [0, 0.05) is 52.6 Å². The zero-order valence-electron chi connectivity index (χ0n) is 28.7. The van der Waals surface area contributed by atoms with E-state index in [0.29, 0.717) is 42.6 Å². The normalized spacial score (nSPS) is 13.8. The van der Waals surface area contributed by atoms with Crippen molar-refractivity contribution in [3.63, 3.8) is 0 Å². The second-order valence-electron chi connectivity index (χ2n) is 14.6. The Morgan fingerprint density at radius 3 is 2.28 bits per heavy atom. The molecule has 2 aromatic heterocycles. The van der Waals surface area contributed by atoms with Gasteiger partial charge in [-0.25, -0.2) is 9.78 Å². The summed E-state index contributed by atoms with van der Waals surface area (Å²) in [6, 6.07) is 13.7. The number of rotatable bonds is 15. The van der Waals surface area contributed by atoms with Crippen LogP contribution in [-0.4, -0.2) is 61.7 Å². The largest absolute Gasteiger partial charge is 0.496 e. The fourth-order valence-corrected chi connectivity index (χ4v) is 7.21. The van der Waals surface area contributed by atoms with E-state index in [2.05, 4.69) is 49.9 Å². The lowest BCUT2D eigenvalue weighted by Crippen LogP contribution is -2.28. The minimum Gasteiger partial charge on any atom is -0.496 e. The summed E-state index contributed by atoms with van der Waals surface area (Å²) in [5.41, 5.74) is 3.64. The van der Waals surface area contributed by atoms with E-state index >= 15 is 0 Å². The predicted molar refractivity (Wildman–Crippen MR) is 189 cm³/mol. The molecule has 0 amide bonds. The standard InChI is InChI=1S/C35H48N4O5Si2/c1-25-20-30(42-3)32(27-13-15-38(33(25)27)23-43-16-18-45(4,5)6)35(2,14-12-31(40)41)34-37-28-21-26(22-36)10-11-29(28)39(34)24-44-17-19-46(7,8)9/h10-15,20-21H,16-19,23-24H2,1-9H3,(H,40,41). The maximum absolute atomic E-state index is 12.0. The number of methoxy groups -OCH3 is 1. The predicted octanol–water partition coefficient (Wildman–Crippen LogP) is 7.75. The van der Waals surface area contributed by atoms with Crippen molar-refractivity contribution in [2.75, 3.05) is 20.3 Å². The Kier molecular flexibility index (Phi) is 10.7. The molecule has 2 heterocycles. The summed E-state index contributed by atoms with van der Waals surface area (Å²) >= 11 is 0. The Balaban J connectivity index is 1.93. The van der Waals surface area contributed by atoms with Crippen LogP contribution >= 0.6 is 0 Å². The quantitative estimate of drug-likeness (QED) is 0.0788. The van der Waals surface area contributed by atoms with Crippen molar-refractivity contribution in [2.45, 2.75) is 84.1 Å². The van der Waals surface area contributed by atoms with Crippen molar-refractivity contribution in [1.82, 2.24) is 14.1 Å². The third-order valence-electron chi connectivity index (χ3n) is 8.28. The first kappa shape index (κ1) is 35.2. The molecule has 0 fully saturated rings. The Morgan fingerprint density at radius 1 is 1.04 bits per heavy atom. The number of hydrogen-bond acceptors (Lipinski definition) is 6. The highest BCUT2D eigenvalue weighted by molar-refractivity contribution is 6.76. The lowest BCUT2D eigenvalue weighted by atomic mass is 9.78. The smallest absolute Gasteiger partial charge is 0.328 e. The number of carbonyl (C=O) groups is 1. The van der Waals surface area contributed by atoms with Gasteiger partial charge < -0.3 is 28.5 Å². The van der Waals surface area contributed by atoms with Crippen molar-refractivity contribution in [3.8, 4) is 11.8 Å². The SMILES string of the molecule is COc1cc(C)c2c(ccn2COCC[Si](C)(C)C)c1C(C)(C=CC(=O)O)c1nc2cc(C#N)ccc2n1COCC[Si](C)(C)C. The van der Waals surface area contributed by atoms with Crippen molar-refractivity contribution in [1.29, 1.82) is 5.26 Å². The van der Waals surface area contributed by atoms with E-state index in [-0.39, 0.29) is 6.73 Å². The first-order valence-electron chi connectivity index (χ1n) is 15.7. The zero-order chi connectivity index (χ0) is 33.9. The Morgan fingerprint density at radius 2 is 1.70 bits per heavy atom. The van der Waals surface area contributed by atoms with Crippen molar-refractivity contribution in [3.05, 3.63) is 71.2 Å². The van der Waals surface area contributed by atoms with Crippen LogP contribution in [0.15, 0.2) is 48.7 Å². The minimum absolute atomic E-state index is 0.224. The van der Waals surface area contributed by atoms with Crippen molar-refractivity contribution < 1.29 is 24.1 Å². The first-order chi connectivity index (χ1) is 21.6. The number of nitrogens with zero attached hydrogens (tertiary/aromatic N) is 4. The van der Waals surface area contributed by atoms with Gasteiger partial charge in [0.25, 0.3) is 0 Å². The van der Waals surface area contributed by atoms with E-state index in [0.717, 1.165) is 45.7 Å². The van der Waals surface area contributed by atoms with E-state index in [9.17, 15) is 15.2 Å². The first-order valence-corrected chi connectivity index (χ1v) is 23.1. The summed E-state index contributed by atoms with van der Waals surface area (Å²) in [6.07, 6.45) is 4.85. The molecule has 4 rings (SSSR count). The lowest BCUT2D eigenvalue weighted by molar-refractivity contribution is -0.131. The number of ether oxygens (including phenoxy) is 3. The van der Waals surface area contributed by atoms with Gasteiger partial charge in [-0.1, -0.05) is 45.4 Å². The van der Waals surface area contributed by atoms with Gasteiger partial charge in [-0.15, -0.1) is 0 Å². The van der Waals surface area contributed by atoms with Crippen molar-refractivity contribution in [2.24, 2.45) is 0 Å². The molecular formula is C35H48N4O5Si2. The summed E-state index contributed by atoms with van der Waals surface area (Å²) in [7, 11) is -0.938. The number of carboxylic acid groups (broad SMARTS) is 1. The minimum atomic E-state index is -1.33. The molecule has 11 heteroatoms. The van der Waals surface area contributed by atoms with Gasteiger partial charge in [-0.3, -0.25) is 0 Å². The number of allylic oxidation sites excluding steroid dienone is 1. The van der Waals surface area contributed by atoms with Crippen LogP contribution < -0.4 is 4.74 Å². The molecule has 1 N–H and O–H groups in total. The number of hydrogen-bond donors (Lipinski definition) is 1. The fourth-order valence-electron chi connectivity index (χ4n) is 5.70. The van der Waals surface area contributed by atoms with E-state index in [1.807, 2.05) is 42.8 Å². The van der Waals surface area contributed by atoms with E-state index in [1.54, 1.807) is 25.3 Å². The maximum atomic E-state index is 12.0. The number of aliphatic carboxylic acids is 1. The molecule has 0 aliphatic carbocycles. The van der Waals surface area contributed by atoms with Crippen LogP contribution in [0.1, 0.15) is 29.4 Å². The molecule has 0 aliphatic heterocycles. The number of imidazole rings is 1. The Hall–Kier alpha value is -3.70. The lowest BCUT2D eigenvalue weighted by Gasteiger charge is -2.30. The third kappa shape index (κ3) is 7.98. The number of benzene rings is 2. The molecule has 0 radical (unpaired) electrons. The molecular weight excluding hydrogens is 613 g/mol. The summed E-state index contributed by atoms with van der Waals surface area (Å²) in [5.74, 6) is 0.143. The van der Waals surface area contributed by atoms with E-state index in [1.165, 1.54) is 0 Å². The molecule has 0 bridgehead atoms. The third-order valence-corrected chi connectivity index (χ3v) is 11.7. The average Bonchev–Trinajstić information content (AvgIpc) is 3.57. The molecule has 0 aliphatic rings. The van der Waals surface area contributed by atoms with Crippen LogP contribution in [0.4, 0.5) is 0 Å². The summed E-state index contributed by atoms with van der Waals surface area (Å²) in [5, 5.41) is 20.4. The Bertz CT molecular complexity index is 1790. The molecule has 4 aromatic rings. The van der Waals surface area contributed by atoms with Crippen LogP contribution in [-0.2, 0) is 33.1 Å². The highest BCUT2D eigenvalue weighted by Crippen LogP contribution is 2.45. The number of aromatic nitrogens is 3. The number of nitriles is 1. The van der Waals surface area contributed by atoms with Gasteiger partial charge in [0.15, 0.2) is 0 Å². The average molecular weight is 661 g/mol. The van der Waals surface area contributed by atoms with Crippen LogP contribution in [0.3, 0.4) is 0 Å². The zero-order valence-corrected chi connectivity index (χ0v) is 30.7. The number of fused-ring (bicyclic) bond motifs is 2. The summed E-state index contributed by atoms with van der Waals surface area (Å²) in [4.78, 5) is 17.1. The van der Waals surface area contributed by atoms with Crippen LogP contribution in [0, 0.1) is 18.3 Å². The highest BCUT2D eigenvalue weighted by atomic mass is 28.3. The van der Waals surface area contributed by atoms with Crippen LogP contribution in [0.5, 0.6) is 5.75 Å². The van der Waals surface area contributed by atoms with E-state index < -0.39 is 27.5 Å². The summed E-state index contributed by atoms with van der Waals surface area (Å²) < 4.78 is 22.5. The fraction of sp³-hybridized carbons (Fsp3) is 0.457. The van der Waals surface area contributed by atoms with Gasteiger partial charge >= 0.3 is 5.97 Å². The summed E-state index contributed by atoms with van der Waals surface area (Å²) in [6.45, 7) is 19.9. The highest BCUT2D eigenvalue weighted by Gasteiger charge is 2.38. The molecule has 1 atom stereocenters. The molecule has 9 nitrogen and oxygen atoms in total. The molecule has 2 aromatic carbocycles. The topological polar surface area (TPSA) is 112 Å². The molecule has 0 saturated heterocycles. The van der Waals surface area contributed by atoms with Gasteiger partial charge in [0.1, 0.15) is 25.0 Å².